The number of anilines is 1. The van der Waals surface area contributed by atoms with Gasteiger partial charge in [0.15, 0.2) is 11.5 Å². The van der Waals surface area contributed by atoms with E-state index in [9.17, 15) is 22.0 Å². The summed E-state index contributed by atoms with van der Waals surface area (Å²) < 4.78 is 62.8. The van der Waals surface area contributed by atoms with Crippen LogP contribution in [0.5, 0.6) is 11.5 Å². The van der Waals surface area contributed by atoms with Crippen LogP contribution < -0.4 is 19.1 Å². The average molecular weight is 442 g/mol. The molecule has 0 aliphatic rings. The van der Waals surface area contributed by atoms with E-state index in [0.29, 0.717) is 27.4 Å². The summed E-state index contributed by atoms with van der Waals surface area (Å²) in [4.78, 5) is 12.3. The summed E-state index contributed by atoms with van der Waals surface area (Å²) in [6.07, 6.45) is 0.791. The van der Waals surface area contributed by atoms with E-state index in [1.165, 1.54) is 7.11 Å². The number of methoxy groups -OCH3 is 1. The van der Waals surface area contributed by atoms with Crippen molar-refractivity contribution in [3.05, 3.63) is 53.6 Å². The topological polar surface area (TPSA) is 84.9 Å². The molecule has 164 valence electrons. The van der Waals surface area contributed by atoms with Crippen LogP contribution in [0.3, 0.4) is 0 Å². The van der Waals surface area contributed by atoms with Gasteiger partial charge in [0.1, 0.15) is 18.2 Å². The van der Waals surface area contributed by atoms with E-state index in [1.807, 2.05) is 13.8 Å². The third kappa shape index (κ3) is 6.31. The van der Waals surface area contributed by atoms with Gasteiger partial charge in [-0.05, 0) is 43.7 Å². The molecule has 0 radical (unpaired) electrons. The Hall–Kier alpha value is -2.88. The van der Waals surface area contributed by atoms with Crippen molar-refractivity contribution in [3.8, 4) is 11.5 Å². The first kappa shape index (κ1) is 23.4. The normalized spacial score (nSPS) is 11.3. The van der Waals surface area contributed by atoms with Crippen molar-refractivity contribution >= 4 is 21.6 Å². The van der Waals surface area contributed by atoms with Crippen molar-refractivity contribution < 1.29 is 31.5 Å². The van der Waals surface area contributed by atoms with Crippen molar-refractivity contribution in [1.82, 2.24) is 5.32 Å². The van der Waals surface area contributed by atoms with Crippen LogP contribution in [0.25, 0.3) is 0 Å². The predicted octanol–water partition coefficient (Wildman–Crippen LogP) is 2.84. The number of carbonyl (C=O) groups excluding carboxylic acids is 1. The second kappa shape index (κ2) is 9.75. The Kier molecular flexibility index (Phi) is 7.60. The maximum Gasteiger partial charge on any atom is 0.241 e. The zero-order valence-corrected chi connectivity index (χ0v) is 17.9. The van der Waals surface area contributed by atoms with E-state index in [2.05, 4.69) is 5.32 Å². The molecule has 0 saturated carbocycles. The average Bonchev–Trinajstić information content (AvgIpc) is 2.64. The van der Waals surface area contributed by atoms with Gasteiger partial charge >= 0.3 is 0 Å². The minimum absolute atomic E-state index is 0.0433. The summed E-state index contributed by atoms with van der Waals surface area (Å²) in [6.45, 7) is 3.18. The number of nitrogens with one attached hydrogen (secondary N) is 1. The molecule has 2 aromatic rings. The van der Waals surface area contributed by atoms with Gasteiger partial charge in [-0.15, -0.1) is 0 Å². The van der Waals surface area contributed by atoms with Crippen molar-refractivity contribution in [2.75, 3.05) is 24.2 Å². The lowest BCUT2D eigenvalue weighted by molar-refractivity contribution is -0.119. The Morgan fingerprint density at radius 1 is 1.13 bits per heavy atom. The number of benzene rings is 2. The second-order valence-electron chi connectivity index (χ2n) is 6.79. The molecule has 1 N–H and O–H groups in total. The molecule has 0 fully saturated rings. The number of ether oxygens (including phenoxy) is 2. The fourth-order valence-electron chi connectivity index (χ4n) is 2.62. The van der Waals surface area contributed by atoms with E-state index >= 15 is 0 Å². The summed E-state index contributed by atoms with van der Waals surface area (Å²) in [5.41, 5.74) is 0.279. The molecule has 2 rings (SSSR count). The maximum absolute atomic E-state index is 14.0. The fourth-order valence-corrected chi connectivity index (χ4v) is 3.48. The Morgan fingerprint density at radius 3 is 2.40 bits per heavy atom. The SMILES string of the molecule is COc1cc(CNC(=O)CN(c2ccc(F)cc2F)S(C)(=O)=O)ccc1OC(C)C. The molecule has 2 aromatic carbocycles. The first-order chi connectivity index (χ1) is 14.0. The smallest absolute Gasteiger partial charge is 0.241 e. The summed E-state index contributed by atoms with van der Waals surface area (Å²) in [5.74, 6) is -1.56. The summed E-state index contributed by atoms with van der Waals surface area (Å²) in [7, 11) is -2.49. The largest absolute Gasteiger partial charge is 0.493 e. The van der Waals surface area contributed by atoms with Gasteiger partial charge in [0.25, 0.3) is 0 Å². The number of hydrogen-bond donors (Lipinski definition) is 1. The minimum Gasteiger partial charge on any atom is -0.493 e. The first-order valence-corrected chi connectivity index (χ1v) is 10.9. The third-order valence-electron chi connectivity index (χ3n) is 3.95. The van der Waals surface area contributed by atoms with E-state index in [4.69, 9.17) is 9.47 Å². The molecule has 10 heteroatoms. The molecule has 7 nitrogen and oxygen atoms in total. The quantitative estimate of drug-likeness (QED) is 0.646. The molecule has 0 bridgehead atoms. The van der Waals surface area contributed by atoms with Crippen LogP contribution in [0.2, 0.25) is 0 Å². The number of rotatable bonds is 9. The summed E-state index contributed by atoms with van der Waals surface area (Å²) in [6, 6.07) is 7.56. The van der Waals surface area contributed by atoms with Crippen LogP contribution in [-0.4, -0.2) is 40.3 Å². The molecule has 0 unspecified atom stereocenters. The van der Waals surface area contributed by atoms with Gasteiger partial charge in [-0.1, -0.05) is 6.07 Å². The second-order valence-corrected chi connectivity index (χ2v) is 8.70. The van der Waals surface area contributed by atoms with Crippen LogP contribution in [0.1, 0.15) is 19.4 Å². The lowest BCUT2D eigenvalue weighted by Crippen LogP contribution is -2.40. The zero-order chi connectivity index (χ0) is 22.5. The predicted molar refractivity (Wildman–Crippen MR) is 109 cm³/mol. The lowest BCUT2D eigenvalue weighted by atomic mass is 10.2. The molecule has 0 saturated heterocycles. The highest BCUT2D eigenvalue weighted by molar-refractivity contribution is 7.92. The number of nitrogens with zero attached hydrogens (tertiary/aromatic N) is 1. The van der Waals surface area contributed by atoms with Gasteiger partial charge in [-0.25, -0.2) is 17.2 Å². The van der Waals surface area contributed by atoms with Gasteiger partial charge in [0.2, 0.25) is 15.9 Å². The molecule has 0 aliphatic carbocycles. The Morgan fingerprint density at radius 2 is 1.83 bits per heavy atom. The number of halogens is 2. The number of sulfonamides is 1. The molecule has 1 amide bonds. The summed E-state index contributed by atoms with van der Waals surface area (Å²) in [5, 5.41) is 2.58. The van der Waals surface area contributed by atoms with E-state index in [-0.39, 0.29) is 12.6 Å². The van der Waals surface area contributed by atoms with Gasteiger partial charge in [0, 0.05) is 12.6 Å². The Labute approximate surface area is 174 Å². The number of amides is 1. The molecule has 0 heterocycles. The molecule has 0 aromatic heterocycles. The van der Waals surface area contributed by atoms with Gasteiger partial charge < -0.3 is 14.8 Å². The highest BCUT2D eigenvalue weighted by Gasteiger charge is 2.24. The van der Waals surface area contributed by atoms with Crippen molar-refractivity contribution in [3.63, 3.8) is 0 Å². The van der Waals surface area contributed by atoms with E-state index in [0.717, 1.165) is 18.4 Å². The van der Waals surface area contributed by atoms with Crippen molar-refractivity contribution in [2.45, 2.75) is 26.5 Å². The van der Waals surface area contributed by atoms with E-state index < -0.39 is 39.8 Å². The fraction of sp³-hybridized carbons (Fsp3) is 0.350. The minimum atomic E-state index is -3.99. The van der Waals surface area contributed by atoms with Crippen LogP contribution in [0.15, 0.2) is 36.4 Å². The molecular formula is C20H24F2N2O5S. The number of carbonyl (C=O) groups is 1. The first-order valence-electron chi connectivity index (χ1n) is 9.04. The highest BCUT2D eigenvalue weighted by Crippen LogP contribution is 2.29. The monoisotopic (exact) mass is 442 g/mol. The Bertz CT molecular complexity index is 1010. The van der Waals surface area contributed by atoms with Crippen LogP contribution in [0.4, 0.5) is 14.5 Å². The number of hydrogen-bond acceptors (Lipinski definition) is 5. The molecule has 0 spiro atoms. The van der Waals surface area contributed by atoms with Crippen molar-refractivity contribution in [1.29, 1.82) is 0 Å². The van der Waals surface area contributed by atoms with E-state index in [1.54, 1.807) is 18.2 Å². The summed E-state index contributed by atoms with van der Waals surface area (Å²) >= 11 is 0. The van der Waals surface area contributed by atoms with Crippen LogP contribution in [0, 0.1) is 11.6 Å². The van der Waals surface area contributed by atoms with Crippen LogP contribution >= 0.6 is 0 Å². The molecule has 0 aliphatic heterocycles. The molecule has 0 atom stereocenters. The van der Waals surface area contributed by atoms with Gasteiger partial charge in [0.05, 0.1) is 25.2 Å². The Balaban J connectivity index is 2.11. The zero-order valence-electron chi connectivity index (χ0n) is 17.1. The third-order valence-corrected chi connectivity index (χ3v) is 5.07. The van der Waals surface area contributed by atoms with Crippen LogP contribution in [-0.2, 0) is 21.4 Å². The standard InChI is InChI=1S/C20H24F2N2O5S/c1-13(2)29-18-8-5-14(9-19(18)28-3)11-23-20(25)12-24(30(4,26)27)17-7-6-15(21)10-16(17)22/h5-10,13H,11-12H2,1-4H3,(H,23,25). The van der Waals surface area contributed by atoms with Crippen molar-refractivity contribution in [2.24, 2.45) is 0 Å². The maximum atomic E-state index is 14.0. The molecule has 30 heavy (non-hydrogen) atoms. The van der Waals surface area contributed by atoms with Gasteiger partial charge in [-0.3, -0.25) is 9.10 Å². The molecular weight excluding hydrogens is 418 g/mol. The highest BCUT2D eigenvalue weighted by atomic mass is 32.2. The lowest BCUT2D eigenvalue weighted by Gasteiger charge is -2.22. The van der Waals surface area contributed by atoms with Gasteiger partial charge in [-0.2, -0.15) is 0 Å².